The third kappa shape index (κ3) is 4.30. The minimum Gasteiger partial charge on any atom is -0.492 e. The van der Waals surface area contributed by atoms with Crippen molar-refractivity contribution in [2.24, 2.45) is 0 Å². The van der Waals surface area contributed by atoms with E-state index in [0.29, 0.717) is 62.6 Å². The predicted octanol–water partition coefficient (Wildman–Crippen LogP) is 7.80. The number of pyridine rings is 1. The maximum Gasteiger partial charge on any atom is 0.146 e. The second kappa shape index (κ2) is 9.80. The largest absolute Gasteiger partial charge is 0.492 e. The molecule has 0 aliphatic heterocycles. The molecule has 0 bridgehead atoms. The van der Waals surface area contributed by atoms with E-state index in [1.165, 1.54) is 11.8 Å². The third-order valence-electron chi connectivity index (χ3n) is 6.28. The molecule has 3 aromatic carbocycles. The molecule has 0 saturated carbocycles. The lowest BCUT2D eigenvalue weighted by molar-refractivity contribution is 0.342. The summed E-state index contributed by atoms with van der Waals surface area (Å²) in [4.78, 5) is 4.41. The van der Waals surface area contributed by atoms with Crippen LogP contribution in [0, 0.1) is 11.3 Å². The first-order valence-corrected chi connectivity index (χ1v) is 12.2. The van der Waals surface area contributed by atoms with Gasteiger partial charge in [0.05, 0.1) is 34.1 Å². The predicted molar refractivity (Wildman–Crippen MR) is 145 cm³/mol. The summed E-state index contributed by atoms with van der Waals surface area (Å²) in [6, 6.07) is 17.3. The lowest BCUT2D eigenvalue weighted by Crippen LogP contribution is -2.01. The highest BCUT2D eigenvalue weighted by molar-refractivity contribution is 6.32. The van der Waals surface area contributed by atoms with Gasteiger partial charge in [0.1, 0.15) is 23.3 Å². The third-order valence-corrected chi connectivity index (χ3v) is 6.57. The average molecular weight is 497 g/mol. The molecule has 0 spiro atoms. The molecule has 36 heavy (non-hydrogen) atoms. The molecule has 0 radical (unpaired) electrons. The van der Waals surface area contributed by atoms with Gasteiger partial charge in [-0.3, -0.25) is 4.98 Å². The zero-order valence-corrected chi connectivity index (χ0v) is 20.8. The number of halogens is 1. The van der Waals surface area contributed by atoms with Crippen molar-refractivity contribution in [1.82, 2.24) is 4.98 Å². The van der Waals surface area contributed by atoms with E-state index in [1.807, 2.05) is 31.2 Å². The van der Waals surface area contributed by atoms with E-state index in [9.17, 15) is 5.26 Å². The van der Waals surface area contributed by atoms with Crippen molar-refractivity contribution in [2.45, 2.75) is 26.2 Å². The van der Waals surface area contributed by atoms with Crippen LogP contribution in [0.15, 0.2) is 60.8 Å². The minimum absolute atomic E-state index is 0.389. The summed E-state index contributed by atoms with van der Waals surface area (Å²) in [5.74, 6) is 2.29. The van der Waals surface area contributed by atoms with Crippen molar-refractivity contribution < 1.29 is 9.47 Å². The average Bonchev–Trinajstić information content (AvgIpc) is 3.31. The molecule has 0 fully saturated rings. The number of hydrogen-bond donors (Lipinski definition) is 2. The smallest absolute Gasteiger partial charge is 0.146 e. The number of ether oxygens (including phenoxy) is 2. The second-order valence-corrected chi connectivity index (χ2v) is 8.91. The Bertz CT molecular complexity index is 1540. The molecular formula is C29H25ClN4O2. The van der Waals surface area contributed by atoms with Crippen molar-refractivity contribution in [1.29, 1.82) is 5.26 Å². The van der Waals surface area contributed by atoms with E-state index >= 15 is 0 Å². The van der Waals surface area contributed by atoms with Gasteiger partial charge in [0.15, 0.2) is 0 Å². The molecule has 3 N–H and O–H groups in total. The normalized spacial score (nSPS) is 13.9. The molecule has 6 nitrogen and oxygen atoms in total. The summed E-state index contributed by atoms with van der Waals surface area (Å²) in [6.45, 7) is 4.56. The Morgan fingerprint density at radius 1 is 1.11 bits per heavy atom. The lowest BCUT2D eigenvalue weighted by Gasteiger charge is -2.16. The number of hydrogen-bond acceptors (Lipinski definition) is 6. The number of nitrogens with one attached hydrogen (secondary N) is 1. The summed E-state index contributed by atoms with van der Waals surface area (Å²) < 4.78 is 11.8. The highest BCUT2D eigenvalue weighted by Crippen LogP contribution is 2.41. The SMILES string of the molecule is CCOc1cc2ncc(C#N)c(Nc3ccc(Oc4cccc5c4C=CC5CC)c(Cl)c3)c2cc1N. The first-order valence-electron chi connectivity index (χ1n) is 11.8. The molecule has 1 atom stereocenters. The van der Waals surface area contributed by atoms with Crippen LogP contribution in [-0.4, -0.2) is 11.6 Å². The summed E-state index contributed by atoms with van der Waals surface area (Å²) in [7, 11) is 0. The highest BCUT2D eigenvalue weighted by Gasteiger charge is 2.20. The Balaban J connectivity index is 1.46. The molecule has 180 valence electrons. The van der Waals surface area contributed by atoms with Crippen LogP contribution in [0.1, 0.15) is 42.9 Å². The number of fused-ring (bicyclic) bond motifs is 2. The van der Waals surface area contributed by atoms with Crippen LogP contribution in [0.25, 0.3) is 17.0 Å². The molecule has 1 aliphatic carbocycles. The molecule has 1 aromatic heterocycles. The maximum atomic E-state index is 9.70. The first kappa shape index (κ1) is 23.5. The Morgan fingerprint density at radius 3 is 2.72 bits per heavy atom. The monoisotopic (exact) mass is 496 g/mol. The number of allylic oxidation sites excluding steroid dienone is 1. The van der Waals surface area contributed by atoms with E-state index in [0.717, 1.165) is 17.7 Å². The van der Waals surface area contributed by atoms with E-state index < -0.39 is 0 Å². The summed E-state index contributed by atoms with van der Waals surface area (Å²) in [5, 5.41) is 14.2. The van der Waals surface area contributed by atoms with Gasteiger partial charge in [-0.2, -0.15) is 5.26 Å². The quantitative estimate of drug-likeness (QED) is 0.253. The van der Waals surface area contributed by atoms with Crippen LogP contribution in [0.5, 0.6) is 17.2 Å². The van der Waals surface area contributed by atoms with Crippen molar-refractivity contribution in [2.75, 3.05) is 17.7 Å². The van der Waals surface area contributed by atoms with Gasteiger partial charge in [0.25, 0.3) is 0 Å². The topological polar surface area (TPSA) is 93.2 Å². The zero-order chi connectivity index (χ0) is 25.2. The van der Waals surface area contributed by atoms with E-state index in [2.05, 4.69) is 41.5 Å². The van der Waals surface area contributed by atoms with Gasteiger partial charge in [-0.1, -0.05) is 42.8 Å². The second-order valence-electron chi connectivity index (χ2n) is 8.50. The summed E-state index contributed by atoms with van der Waals surface area (Å²) in [5.41, 5.74) is 11.4. The fourth-order valence-electron chi connectivity index (χ4n) is 4.48. The molecule has 1 aliphatic rings. The number of nitrogens with zero attached hydrogens (tertiary/aromatic N) is 2. The fourth-order valence-corrected chi connectivity index (χ4v) is 4.70. The summed E-state index contributed by atoms with van der Waals surface area (Å²) >= 11 is 6.63. The van der Waals surface area contributed by atoms with Crippen LogP contribution in [-0.2, 0) is 0 Å². The van der Waals surface area contributed by atoms with Gasteiger partial charge in [0.2, 0.25) is 0 Å². The van der Waals surface area contributed by atoms with Gasteiger partial charge in [-0.05, 0) is 49.2 Å². The molecule has 5 rings (SSSR count). The molecular weight excluding hydrogens is 472 g/mol. The molecule has 1 unspecified atom stereocenters. The van der Waals surface area contributed by atoms with Gasteiger partial charge < -0.3 is 20.5 Å². The van der Waals surface area contributed by atoms with E-state index in [1.54, 1.807) is 18.2 Å². The van der Waals surface area contributed by atoms with Crippen molar-refractivity contribution in [3.05, 3.63) is 82.5 Å². The summed E-state index contributed by atoms with van der Waals surface area (Å²) in [6.07, 6.45) is 6.90. The maximum absolute atomic E-state index is 9.70. The van der Waals surface area contributed by atoms with Gasteiger partial charge in [-0.25, -0.2) is 0 Å². The van der Waals surface area contributed by atoms with Crippen molar-refractivity contribution in [3.8, 4) is 23.3 Å². The highest BCUT2D eigenvalue weighted by atomic mass is 35.5. The van der Waals surface area contributed by atoms with Crippen molar-refractivity contribution >= 4 is 45.6 Å². The van der Waals surface area contributed by atoms with E-state index in [-0.39, 0.29) is 0 Å². The minimum atomic E-state index is 0.389. The zero-order valence-electron chi connectivity index (χ0n) is 20.0. The number of rotatable bonds is 7. The van der Waals surface area contributed by atoms with E-state index in [4.69, 9.17) is 26.8 Å². The van der Waals surface area contributed by atoms with Crippen molar-refractivity contribution in [3.63, 3.8) is 0 Å². The molecule has 1 heterocycles. The standard InChI is InChI=1S/C29H25ClN4O2/c1-3-17-8-10-21-20(17)6-5-7-26(21)36-27-11-9-19(12-23(27)30)34-29-18(15-31)16-33-25-14-28(35-4-2)24(32)13-22(25)29/h5-14,16-17H,3-4,32H2,1-2H3,(H,33,34). The number of benzene rings is 3. The molecule has 4 aromatic rings. The number of anilines is 3. The van der Waals surface area contributed by atoms with Crippen LogP contribution < -0.4 is 20.5 Å². The Labute approximate surface area is 214 Å². The number of nitrogen functional groups attached to an aromatic ring is 1. The number of aromatic nitrogens is 1. The Hall–Kier alpha value is -4.21. The van der Waals surface area contributed by atoms with Crippen LogP contribution in [0.4, 0.5) is 17.1 Å². The number of nitriles is 1. The van der Waals surface area contributed by atoms with Gasteiger partial charge >= 0.3 is 0 Å². The van der Waals surface area contributed by atoms with Gasteiger partial charge in [0, 0.05) is 34.8 Å². The van der Waals surface area contributed by atoms with Crippen LogP contribution >= 0.6 is 11.6 Å². The first-order chi connectivity index (χ1) is 17.5. The number of nitrogens with two attached hydrogens (primary N) is 1. The van der Waals surface area contributed by atoms with Gasteiger partial charge in [-0.15, -0.1) is 0 Å². The lowest BCUT2D eigenvalue weighted by atomic mass is 9.98. The van der Waals surface area contributed by atoms with Crippen LogP contribution in [0.2, 0.25) is 5.02 Å². The van der Waals surface area contributed by atoms with Crippen LogP contribution in [0.3, 0.4) is 0 Å². The molecule has 0 saturated heterocycles. The Kier molecular flexibility index (Phi) is 6.41. The molecule has 7 heteroatoms. The molecule has 0 amide bonds. The Morgan fingerprint density at radius 2 is 1.97 bits per heavy atom. The fraction of sp³-hybridized carbons (Fsp3) is 0.172.